The largest absolute Gasteiger partial charge is 0.383 e. The van der Waals surface area contributed by atoms with Crippen molar-refractivity contribution in [1.82, 2.24) is 15.5 Å². The summed E-state index contributed by atoms with van der Waals surface area (Å²) in [6.45, 7) is 7.46. The molecule has 1 aliphatic carbocycles. The Morgan fingerprint density at radius 3 is 2.90 bits per heavy atom. The molecule has 20 heavy (non-hydrogen) atoms. The quantitative estimate of drug-likeness (QED) is 0.749. The molecular formula is C15H27N3OS. The van der Waals surface area contributed by atoms with Crippen molar-refractivity contribution in [3.8, 4) is 0 Å². The summed E-state index contributed by atoms with van der Waals surface area (Å²) in [7, 11) is 1.73. The van der Waals surface area contributed by atoms with Crippen LogP contribution in [0.2, 0.25) is 0 Å². The minimum absolute atomic E-state index is 0.401. The van der Waals surface area contributed by atoms with Crippen LogP contribution in [-0.4, -0.2) is 37.0 Å². The fraction of sp³-hybridized carbons (Fsp3) is 0.867. The van der Waals surface area contributed by atoms with Crippen LogP contribution < -0.4 is 5.32 Å². The fourth-order valence-electron chi connectivity index (χ4n) is 2.96. The Balaban J connectivity index is 1.75. The SMILES string of the molecule is COCCNCCCc1nnc(C2CCCC2(C)C)s1. The lowest BCUT2D eigenvalue weighted by Crippen LogP contribution is -2.20. The average molecular weight is 297 g/mol. The molecule has 0 bridgehead atoms. The van der Waals surface area contributed by atoms with Crippen LogP contribution >= 0.6 is 11.3 Å². The van der Waals surface area contributed by atoms with Gasteiger partial charge in [0.15, 0.2) is 0 Å². The van der Waals surface area contributed by atoms with Crippen molar-refractivity contribution < 1.29 is 4.74 Å². The Morgan fingerprint density at radius 2 is 2.20 bits per heavy atom. The molecule has 0 saturated heterocycles. The molecule has 0 radical (unpaired) electrons. The topological polar surface area (TPSA) is 47.0 Å². The minimum atomic E-state index is 0.401. The standard InChI is InChI=1S/C15H27N3OS/c1-15(2)8-4-6-12(15)14-18-17-13(20-14)7-5-9-16-10-11-19-3/h12,16H,4-11H2,1-3H3. The van der Waals surface area contributed by atoms with E-state index < -0.39 is 0 Å². The highest BCUT2D eigenvalue weighted by Crippen LogP contribution is 2.49. The Bertz CT molecular complexity index is 406. The van der Waals surface area contributed by atoms with Crippen LogP contribution in [0.25, 0.3) is 0 Å². The molecule has 0 amide bonds. The lowest BCUT2D eigenvalue weighted by molar-refractivity contribution is 0.199. The molecule has 1 aromatic rings. The van der Waals surface area contributed by atoms with Crippen LogP contribution in [0.5, 0.6) is 0 Å². The van der Waals surface area contributed by atoms with E-state index in [9.17, 15) is 0 Å². The number of nitrogens with zero attached hydrogens (tertiary/aromatic N) is 2. The molecule has 1 unspecified atom stereocenters. The molecule has 1 aliphatic rings. The van der Waals surface area contributed by atoms with Crippen LogP contribution in [0.4, 0.5) is 0 Å². The normalized spacial score (nSPS) is 21.4. The minimum Gasteiger partial charge on any atom is -0.383 e. The summed E-state index contributed by atoms with van der Waals surface area (Å²) in [4.78, 5) is 0. The van der Waals surface area contributed by atoms with Crippen LogP contribution in [0.1, 0.15) is 55.5 Å². The van der Waals surface area contributed by atoms with Gasteiger partial charge in [-0.2, -0.15) is 0 Å². The van der Waals surface area contributed by atoms with Crippen molar-refractivity contribution in [2.24, 2.45) is 5.41 Å². The predicted molar refractivity (Wildman–Crippen MR) is 83.3 cm³/mol. The summed E-state index contributed by atoms with van der Waals surface area (Å²) in [5.41, 5.74) is 0.401. The molecule has 0 aliphatic heterocycles. The van der Waals surface area contributed by atoms with Gasteiger partial charge in [-0.1, -0.05) is 20.3 Å². The van der Waals surface area contributed by atoms with Crippen molar-refractivity contribution in [2.75, 3.05) is 26.8 Å². The van der Waals surface area contributed by atoms with Crippen molar-refractivity contribution in [2.45, 2.75) is 51.9 Å². The van der Waals surface area contributed by atoms with Crippen LogP contribution in [0.3, 0.4) is 0 Å². The first kappa shape index (κ1) is 15.9. The van der Waals surface area contributed by atoms with Crippen molar-refractivity contribution in [3.63, 3.8) is 0 Å². The van der Waals surface area contributed by atoms with Gasteiger partial charge >= 0.3 is 0 Å². The summed E-state index contributed by atoms with van der Waals surface area (Å²) in [6.07, 6.45) is 6.07. The van der Waals surface area contributed by atoms with Crippen LogP contribution in [0.15, 0.2) is 0 Å². The van der Waals surface area contributed by atoms with Gasteiger partial charge in [0, 0.05) is 26.0 Å². The number of aryl methyl sites for hydroxylation is 1. The second kappa shape index (κ2) is 7.48. The highest BCUT2D eigenvalue weighted by atomic mass is 32.1. The zero-order valence-corrected chi connectivity index (χ0v) is 13.8. The zero-order valence-electron chi connectivity index (χ0n) is 12.9. The maximum atomic E-state index is 5.00. The molecule has 1 fully saturated rings. The highest BCUT2D eigenvalue weighted by molar-refractivity contribution is 7.11. The van der Waals surface area contributed by atoms with E-state index in [1.165, 1.54) is 29.3 Å². The van der Waals surface area contributed by atoms with Crippen LogP contribution in [0, 0.1) is 5.41 Å². The molecule has 114 valence electrons. The van der Waals surface area contributed by atoms with Gasteiger partial charge in [-0.15, -0.1) is 21.5 Å². The van der Waals surface area contributed by atoms with Gasteiger partial charge in [0.05, 0.1) is 6.61 Å². The van der Waals surface area contributed by atoms with Gasteiger partial charge in [0.2, 0.25) is 0 Å². The van der Waals surface area contributed by atoms with Crippen molar-refractivity contribution in [3.05, 3.63) is 10.0 Å². The van der Waals surface area contributed by atoms with Gasteiger partial charge in [-0.25, -0.2) is 0 Å². The number of rotatable bonds is 8. The molecule has 0 aromatic carbocycles. The fourth-order valence-corrected chi connectivity index (χ4v) is 4.19. The number of hydrogen-bond donors (Lipinski definition) is 1. The van der Waals surface area contributed by atoms with E-state index in [1.807, 2.05) is 11.3 Å². The van der Waals surface area contributed by atoms with Gasteiger partial charge in [0.1, 0.15) is 10.0 Å². The number of methoxy groups -OCH3 is 1. The maximum Gasteiger partial charge on any atom is 0.121 e. The van der Waals surface area contributed by atoms with Crippen LogP contribution in [-0.2, 0) is 11.2 Å². The van der Waals surface area contributed by atoms with E-state index in [0.717, 1.165) is 32.5 Å². The third kappa shape index (κ3) is 4.24. The molecule has 5 heteroatoms. The summed E-state index contributed by atoms with van der Waals surface area (Å²) in [6, 6.07) is 0. The molecule has 0 spiro atoms. The van der Waals surface area contributed by atoms with Crippen molar-refractivity contribution >= 4 is 11.3 Å². The first-order valence-electron chi connectivity index (χ1n) is 7.65. The summed E-state index contributed by atoms with van der Waals surface area (Å²) >= 11 is 1.83. The molecule has 1 aromatic heterocycles. The zero-order chi connectivity index (χ0) is 14.4. The molecule has 2 rings (SSSR count). The Labute approximate surface area is 126 Å². The van der Waals surface area contributed by atoms with Gasteiger partial charge < -0.3 is 10.1 Å². The predicted octanol–water partition coefficient (Wildman–Crippen LogP) is 3.00. The van der Waals surface area contributed by atoms with Gasteiger partial charge in [-0.3, -0.25) is 0 Å². The molecule has 1 heterocycles. The number of aromatic nitrogens is 2. The maximum absolute atomic E-state index is 5.00. The molecule has 1 atom stereocenters. The molecule has 1 N–H and O–H groups in total. The highest BCUT2D eigenvalue weighted by Gasteiger charge is 2.37. The van der Waals surface area contributed by atoms with E-state index >= 15 is 0 Å². The lowest BCUT2D eigenvalue weighted by Gasteiger charge is -2.24. The second-order valence-corrected chi connectivity index (χ2v) is 7.41. The molecular weight excluding hydrogens is 270 g/mol. The monoisotopic (exact) mass is 297 g/mol. The van der Waals surface area contributed by atoms with Gasteiger partial charge in [-0.05, 0) is 31.2 Å². The third-order valence-corrected chi connectivity index (χ3v) is 5.36. The van der Waals surface area contributed by atoms with Crippen molar-refractivity contribution in [1.29, 1.82) is 0 Å². The Morgan fingerprint density at radius 1 is 1.35 bits per heavy atom. The smallest absolute Gasteiger partial charge is 0.121 e. The summed E-state index contributed by atoms with van der Waals surface area (Å²) < 4.78 is 5.00. The van der Waals surface area contributed by atoms with E-state index in [2.05, 4.69) is 29.4 Å². The van der Waals surface area contributed by atoms with E-state index in [-0.39, 0.29) is 0 Å². The molecule has 4 nitrogen and oxygen atoms in total. The lowest BCUT2D eigenvalue weighted by atomic mass is 9.82. The molecule has 1 saturated carbocycles. The Kier molecular flexibility index (Phi) is 5.93. The first-order valence-corrected chi connectivity index (χ1v) is 8.47. The number of ether oxygens (including phenoxy) is 1. The van der Waals surface area contributed by atoms with Gasteiger partial charge in [0.25, 0.3) is 0 Å². The second-order valence-electron chi connectivity index (χ2n) is 6.31. The summed E-state index contributed by atoms with van der Waals surface area (Å²) in [5, 5.41) is 14.6. The third-order valence-electron chi connectivity index (χ3n) is 4.26. The van der Waals surface area contributed by atoms with E-state index in [1.54, 1.807) is 7.11 Å². The number of hydrogen-bond acceptors (Lipinski definition) is 5. The number of nitrogens with one attached hydrogen (secondary N) is 1. The van der Waals surface area contributed by atoms with E-state index in [4.69, 9.17) is 4.74 Å². The Hall–Kier alpha value is -0.520. The average Bonchev–Trinajstić information content (AvgIpc) is 2.99. The first-order chi connectivity index (χ1) is 9.63. The summed E-state index contributed by atoms with van der Waals surface area (Å²) in [5.74, 6) is 0.619. The van der Waals surface area contributed by atoms with E-state index in [0.29, 0.717) is 11.3 Å².